The standard InChI is InChI=1S/C80H156O17P2/c1-8-10-11-12-13-14-15-16-17-18-19-20-21-22-23-28-31-34-40-49-56-63-79(84)96-75(67-90-77(82)61-54-47-39-33-30-27-25-24-26-29-32-37-44-51-58-71(3)4)69-94-98(86,87)92-65-74(81)66-93-99(88,89)95-70-76(68-91-78(83)62-55-48-43-42-46-53-60-73(7)9-2)97-80(85)64-57-50-41-36-35-38-45-52-59-72(5)6/h71-76,81H,8-70H2,1-7H3,(H,86,87)(H,88,89)/t73?,74-,75-,76-/m1/s1. The zero-order valence-electron chi connectivity index (χ0n) is 65.0. The van der Waals surface area contributed by atoms with Crippen LogP contribution in [-0.2, 0) is 65.4 Å². The fourth-order valence-corrected chi connectivity index (χ4v) is 13.9. The number of rotatable bonds is 78. The number of phosphoric ester groups is 2. The summed E-state index contributed by atoms with van der Waals surface area (Å²) in [4.78, 5) is 72.9. The molecule has 17 nitrogen and oxygen atoms in total. The molecule has 0 aromatic carbocycles. The topological polar surface area (TPSA) is 237 Å². The maximum absolute atomic E-state index is 13.1. The molecule has 588 valence electrons. The fraction of sp³-hybridized carbons (Fsp3) is 0.950. The Balaban J connectivity index is 5.21. The average molecular weight is 1450 g/mol. The first-order valence-corrected chi connectivity index (χ1v) is 44.4. The maximum Gasteiger partial charge on any atom is 0.472 e. The van der Waals surface area contributed by atoms with E-state index >= 15 is 0 Å². The summed E-state index contributed by atoms with van der Waals surface area (Å²) in [6.07, 6.45) is 58.5. The van der Waals surface area contributed by atoms with Crippen LogP contribution in [-0.4, -0.2) is 96.7 Å². The van der Waals surface area contributed by atoms with Crippen LogP contribution in [0.5, 0.6) is 0 Å². The van der Waals surface area contributed by atoms with Gasteiger partial charge < -0.3 is 33.8 Å². The predicted molar refractivity (Wildman–Crippen MR) is 405 cm³/mol. The Labute approximate surface area is 607 Å². The summed E-state index contributed by atoms with van der Waals surface area (Å²) in [5, 5.41) is 10.6. The number of hydrogen-bond acceptors (Lipinski definition) is 15. The van der Waals surface area contributed by atoms with Crippen LogP contribution in [0, 0.1) is 17.8 Å². The average Bonchev–Trinajstić information content (AvgIpc) is 1.51. The minimum absolute atomic E-state index is 0.104. The SMILES string of the molecule is CCCCCCCCCCCCCCCCCCCCCCCC(=O)O[C@H](COC(=O)CCCCCCCCCCCCCCCCC(C)C)COP(=O)(O)OC[C@@H](O)COP(=O)(O)OC[C@@H](COC(=O)CCCCCCCCC(C)CC)OC(=O)CCCCCCCCCCC(C)C. The smallest absolute Gasteiger partial charge is 0.462 e. The first-order chi connectivity index (χ1) is 47.8. The number of unbranched alkanes of at least 4 members (excludes halogenated alkanes) is 45. The Morgan fingerprint density at radius 3 is 0.768 bits per heavy atom. The number of ether oxygens (including phenoxy) is 4. The van der Waals surface area contributed by atoms with Gasteiger partial charge in [-0.05, 0) is 43.4 Å². The highest BCUT2D eigenvalue weighted by Gasteiger charge is 2.30. The van der Waals surface area contributed by atoms with Crippen molar-refractivity contribution in [3.8, 4) is 0 Å². The molecular weight excluding hydrogens is 1290 g/mol. The van der Waals surface area contributed by atoms with Crippen LogP contribution in [0.2, 0.25) is 0 Å². The summed E-state index contributed by atoms with van der Waals surface area (Å²) in [6, 6.07) is 0. The van der Waals surface area contributed by atoms with E-state index in [-0.39, 0.29) is 25.7 Å². The van der Waals surface area contributed by atoms with Crippen LogP contribution < -0.4 is 0 Å². The predicted octanol–water partition coefficient (Wildman–Crippen LogP) is 23.7. The normalized spacial score (nSPS) is 14.3. The lowest BCUT2D eigenvalue weighted by atomic mass is 10.00. The summed E-state index contributed by atoms with van der Waals surface area (Å²) < 4.78 is 68.6. The maximum atomic E-state index is 13.1. The highest BCUT2D eigenvalue weighted by Crippen LogP contribution is 2.45. The molecule has 0 saturated carbocycles. The second-order valence-corrected chi connectivity index (χ2v) is 32.9. The van der Waals surface area contributed by atoms with E-state index in [1.165, 1.54) is 218 Å². The van der Waals surface area contributed by atoms with Gasteiger partial charge in [-0.2, -0.15) is 0 Å². The molecular formula is C80H156O17P2. The molecule has 0 aliphatic rings. The number of esters is 4. The molecule has 0 amide bonds. The zero-order valence-corrected chi connectivity index (χ0v) is 66.8. The summed E-state index contributed by atoms with van der Waals surface area (Å²) in [5.41, 5.74) is 0. The molecule has 0 aliphatic heterocycles. The molecule has 0 bridgehead atoms. The summed E-state index contributed by atoms with van der Waals surface area (Å²) in [7, 11) is -9.92. The van der Waals surface area contributed by atoms with Crippen molar-refractivity contribution < 1.29 is 80.2 Å². The third kappa shape index (κ3) is 72.8. The Hall–Kier alpha value is -1.94. The summed E-state index contributed by atoms with van der Waals surface area (Å²) in [5.74, 6) is 0.131. The number of carbonyl (C=O) groups is 4. The van der Waals surface area contributed by atoms with Gasteiger partial charge in [0.25, 0.3) is 0 Å². The minimum Gasteiger partial charge on any atom is -0.462 e. The molecule has 19 heteroatoms. The molecule has 0 saturated heterocycles. The van der Waals surface area contributed by atoms with E-state index in [4.69, 9.17) is 37.0 Å². The van der Waals surface area contributed by atoms with Crippen molar-refractivity contribution in [2.75, 3.05) is 39.6 Å². The highest BCUT2D eigenvalue weighted by atomic mass is 31.2. The molecule has 6 atom stereocenters. The number of phosphoric acid groups is 2. The third-order valence-electron chi connectivity index (χ3n) is 19.0. The molecule has 0 fully saturated rings. The van der Waals surface area contributed by atoms with Crippen LogP contribution in [0.25, 0.3) is 0 Å². The summed E-state index contributed by atoms with van der Waals surface area (Å²) >= 11 is 0. The molecule has 0 radical (unpaired) electrons. The van der Waals surface area contributed by atoms with E-state index in [2.05, 4.69) is 48.5 Å². The van der Waals surface area contributed by atoms with E-state index < -0.39 is 97.5 Å². The van der Waals surface area contributed by atoms with E-state index in [9.17, 15) is 43.2 Å². The first-order valence-electron chi connectivity index (χ1n) is 41.4. The lowest BCUT2D eigenvalue weighted by Crippen LogP contribution is -2.30. The largest absolute Gasteiger partial charge is 0.472 e. The lowest BCUT2D eigenvalue weighted by Gasteiger charge is -2.21. The van der Waals surface area contributed by atoms with Gasteiger partial charge in [-0.3, -0.25) is 37.3 Å². The molecule has 0 aliphatic carbocycles. The van der Waals surface area contributed by atoms with Crippen LogP contribution in [0.15, 0.2) is 0 Å². The number of aliphatic hydroxyl groups excluding tert-OH is 1. The number of carbonyl (C=O) groups excluding carboxylic acids is 4. The summed E-state index contributed by atoms with van der Waals surface area (Å²) in [6.45, 7) is 11.9. The Morgan fingerprint density at radius 2 is 0.515 bits per heavy atom. The Bertz CT molecular complexity index is 1920. The van der Waals surface area contributed by atoms with Gasteiger partial charge in [0.2, 0.25) is 0 Å². The van der Waals surface area contributed by atoms with E-state index in [1.807, 2.05) is 0 Å². The lowest BCUT2D eigenvalue weighted by molar-refractivity contribution is -0.161. The van der Waals surface area contributed by atoms with Gasteiger partial charge >= 0.3 is 39.5 Å². The molecule has 99 heavy (non-hydrogen) atoms. The van der Waals surface area contributed by atoms with E-state index in [0.29, 0.717) is 25.7 Å². The number of aliphatic hydroxyl groups is 1. The molecule has 3 unspecified atom stereocenters. The van der Waals surface area contributed by atoms with Crippen LogP contribution >= 0.6 is 15.6 Å². The van der Waals surface area contributed by atoms with Crippen molar-refractivity contribution >= 4 is 39.5 Å². The van der Waals surface area contributed by atoms with Crippen molar-refractivity contribution in [3.63, 3.8) is 0 Å². The van der Waals surface area contributed by atoms with Crippen molar-refractivity contribution in [3.05, 3.63) is 0 Å². The second-order valence-electron chi connectivity index (χ2n) is 30.0. The van der Waals surface area contributed by atoms with Gasteiger partial charge in [0.1, 0.15) is 19.3 Å². The third-order valence-corrected chi connectivity index (χ3v) is 20.9. The van der Waals surface area contributed by atoms with Crippen molar-refractivity contribution in [1.29, 1.82) is 0 Å². The van der Waals surface area contributed by atoms with Gasteiger partial charge in [0.05, 0.1) is 26.4 Å². The van der Waals surface area contributed by atoms with E-state index in [1.54, 1.807) is 0 Å². The Kier molecular flexibility index (Phi) is 69.0. The highest BCUT2D eigenvalue weighted by molar-refractivity contribution is 7.47. The van der Waals surface area contributed by atoms with Crippen LogP contribution in [0.1, 0.15) is 414 Å². The molecule has 3 N–H and O–H groups in total. The van der Waals surface area contributed by atoms with Gasteiger partial charge in [-0.1, -0.05) is 363 Å². The van der Waals surface area contributed by atoms with Crippen molar-refractivity contribution in [1.82, 2.24) is 0 Å². The molecule has 0 heterocycles. The molecule has 0 aromatic heterocycles. The van der Waals surface area contributed by atoms with E-state index in [0.717, 1.165) is 114 Å². The quantitative estimate of drug-likeness (QED) is 0.0222. The number of hydrogen-bond donors (Lipinski definition) is 3. The second kappa shape index (κ2) is 70.4. The van der Waals surface area contributed by atoms with Gasteiger partial charge in [-0.15, -0.1) is 0 Å². The minimum atomic E-state index is -4.96. The molecule has 0 rings (SSSR count). The molecule has 0 spiro atoms. The van der Waals surface area contributed by atoms with Crippen LogP contribution in [0.3, 0.4) is 0 Å². The van der Waals surface area contributed by atoms with Gasteiger partial charge in [0, 0.05) is 25.7 Å². The van der Waals surface area contributed by atoms with Crippen LogP contribution in [0.4, 0.5) is 0 Å². The monoisotopic (exact) mass is 1450 g/mol. The van der Waals surface area contributed by atoms with Gasteiger partial charge in [0.15, 0.2) is 12.2 Å². The fourth-order valence-electron chi connectivity index (χ4n) is 12.3. The van der Waals surface area contributed by atoms with Crippen molar-refractivity contribution in [2.24, 2.45) is 17.8 Å². The van der Waals surface area contributed by atoms with Gasteiger partial charge in [-0.25, -0.2) is 9.13 Å². The first kappa shape index (κ1) is 97.1. The zero-order chi connectivity index (χ0) is 73.0. The Morgan fingerprint density at radius 1 is 0.293 bits per heavy atom. The molecule has 0 aromatic rings. The van der Waals surface area contributed by atoms with Crippen molar-refractivity contribution in [2.45, 2.75) is 433 Å².